The van der Waals surface area contributed by atoms with Crippen LogP contribution in [-0.2, 0) is 4.74 Å². The summed E-state index contributed by atoms with van der Waals surface area (Å²) in [4.78, 5) is 22.8. The number of aryl methyl sites for hydroxylation is 1. The van der Waals surface area contributed by atoms with Crippen LogP contribution in [0.1, 0.15) is 45.2 Å². The maximum Gasteiger partial charge on any atom is 0.338 e. The van der Waals surface area contributed by atoms with Crippen molar-refractivity contribution in [1.29, 1.82) is 0 Å². The maximum absolute atomic E-state index is 12.1. The summed E-state index contributed by atoms with van der Waals surface area (Å²) < 4.78 is 10.9. The van der Waals surface area contributed by atoms with Crippen LogP contribution in [0.15, 0.2) is 52.9 Å². The largest absolute Gasteiger partial charge is 0.449 e. The van der Waals surface area contributed by atoms with Gasteiger partial charge in [0.2, 0.25) is 5.89 Å². The number of ether oxygens (including phenoxy) is 1. The molecule has 1 atom stereocenters. The molecule has 6 heteroatoms. The fourth-order valence-corrected chi connectivity index (χ4v) is 2.19. The molecule has 0 amide bonds. The van der Waals surface area contributed by atoms with E-state index in [0.717, 1.165) is 11.1 Å². The van der Waals surface area contributed by atoms with Crippen molar-refractivity contribution < 1.29 is 18.7 Å². The predicted octanol–water partition coefficient (Wildman–Crippen LogP) is 3.78. The second kappa shape index (κ2) is 7.09. The van der Waals surface area contributed by atoms with Crippen LogP contribution in [0, 0.1) is 6.92 Å². The molecule has 0 unspecified atom stereocenters. The molecule has 3 rings (SSSR count). The third-order valence-corrected chi connectivity index (χ3v) is 3.65. The molecule has 0 N–H and O–H groups in total. The van der Waals surface area contributed by atoms with Gasteiger partial charge in [-0.15, -0.1) is 10.2 Å². The van der Waals surface area contributed by atoms with E-state index < -0.39 is 12.1 Å². The predicted molar refractivity (Wildman–Crippen MR) is 90.1 cm³/mol. The highest BCUT2D eigenvalue weighted by Gasteiger charge is 2.20. The zero-order valence-corrected chi connectivity index (χ0v) is 13.8. The van der Waals surface area contributed by atoms with E-state index >= 15 is 0 Å². The van der Waals surface area contributed by atoms with Crippen LogP contribution in [0.3, 0.4) is 0 Å². The van der Waals surface area contributed by atoms with Gasteiger partial charge in [0, 0.05) is 11.1 Å². The Balaban J connectivity index is 1.70. The lowest BCUT2D eigenvalue weighted by atomic mass is 10.1. The van der Waals surface area contributed by atoms with Crippen LogP contribution in [0.2, 0.25) is 0 Å². The molecule has 0 saturated carbocycles. The third kappa shape index (κ3) is 3.80. The fraction of sp³-hybridized carbons (Fsp3) is 0.158. The van der Waals surface area contributed by atoms with Gasteiger partial charge in [-0.3, -0.25) is 4.79 Å². The normalized spacial score (nSPS) is 11.8. The summed E-state index contributed by atoms with van der Waals surface area (Å²) in [5.74, 6) is 0.0571. The summed E-state index contributed by atoms with van der Waals surface area (Å²) >= 11 is 0. The number of benzene rings is 2. The Kier molecular flexibility index (Phi) is 4.70. The number of aldehydes is 1. The summed E-state index contributed by atoms with van der Waals surface area (Å²) in [5.41, 5.74) is 2.76. The monoisotopic (exact) mass is 336 g/mol. The van der Waals surface area contributed by atoms with E-state index in [1.165, 1.54) is 12.1 Å². The highest BCUT2D eigenvalue weighted by Crippen LogP contribution is 2.23. The molecular weight excluding hydrogens is 320 g/mol. The van der Waals surface area contributed by atoms with Crippen LogP contribution in [0.4, 0.5) is 0 Å². The molecule has 2 aromatic carbocycles. The summed E-state index contributed by atoms with van der Waals surface area (Å²) in [6.45, 7) is 3.65. The Bertz CT molecular complexity index is 883. The maximum atomic E-state index is 12.1. The van der Waals surface area contributed by atoms with E-state index in [4.69, 9.17) is 9.15 Å². The Morgan fingerprint density at radius 3 is 2.40 bits per heavy atom. The van der Waals surface area contributed by atoms with Crippen molar-refractivity contribution in [2.24, 2.45) is 0 Å². The summed E-state index contributed by atoms with van der Waals surface area (Å²) in [6.07, 6.45) is 0.0212. The molecule has 0 radical (unpaired) electrons. The lowest BCUT2D eigenvalue weighted by Crippen LogP contribution is -2.09. The first-order chi connectivity index (χ1) is 12.1. The van der Waals surface area contributed by atoms with E-state index in [1.807, 2.05) is 31.2 Å². The van der Waals surface area contributed by atoms with E-state index in [1.54, 1.807) is 19.1 Å². The number of rotatable bonds is 5. The topological polar surface area (TPSA) is 82.3 Å². The first-order valence-corrected chi connectivity index (χ1v) is 7.73. The van der Waals surface area contributed by atoms with Crippen molar-refractivity contribution in [3.63, 3.8) is 0 Å². The van der Waals surface area contributed by atoms with Crippen molar-refractivity contribution in [2.75, 3.05) is 0 Å². The van der Waals surface area contributed by atoms with E-state index in [2.05, 4.69) is 10.2 Å². The molecule has 1 heterocycles. The van der Waals surface area contributed by atoms with Crippen LogP contribution in [0.25, 0.3) is 11.5 Å². The summed E-state index contributed by atoms with van der Waals surface area (Å²) in [5, 5.41) is 7.94. The number of nitrogens with zero attached hydrogens (tertiary/aromatic N) is 2. The Labute approximate surface area is 144 Å². The van der Waals surface area contributed by atoms with Gasteiger partial charge < -0.3 is 9.15 Å². The first-order valence-electron chi connectivity index (χ1n) is 7.73. The Morgan fingerprint density at radius 1 is 1.08 bits per heavy atom. The number of carbonyl (C=O) groups is 2. The number of aromatic nitrogens is 2. The molecular formula is C19H16N2O4. The fourth-order valence-electron chi connectivity index (χ4n) is 2.19. The number of hydrogen-bond donors (Lipinski definition) is 0. The molecule has 1 aromatic heterocycles. The number of hydrogen-bond acceptors (Lipinski definition) is 6. The Hall–Kier alpha value is -3.28. The lowest BCUT2D eigenvalue weighted by Gasteiger charge is -2.09. The molecule has 0 saturated heterocycles. The van der Waals surface area contributed by atoms with Gasteiger partial charge in [-0.1, -0.05) is 29.8 Å². The van der Waals surface area contributed by atoms with Crippen molar-refractivity contribution in [1.82, 2.24) is 10.2 Å². The van der Waals surface area contributed by atoms with Gasteiger partial charge in [-0.05, 0) is 38.1 Å². The number of esters is 1. The van der Waals surface area contributed by atoms with Gasteiger partial charge >= 0.3 is 5.97 Å². The van der Waals surface area contributed by atoms with E-state index in [-0.39, 0.29) is 5.89 Å². The smallest absolute Gasteiger partial charge is 0.338 e. The van der Waals surface area contributed by atoms with E-state index in [0.29, 0.717) is 23.3 Å². The molecule has 25 heavy (non-hydrogen) atoms. The van der Waals surface area contributed by atoms with Gasteiger partial charge in [0.05, 0.1) is 5.56 Å². The van der Waals surface area contributed by atoms with Gasteiger partial charge in [-0.2, -0.15) is 0 Å². The Morgan fingerprint density at radius 2 is 1.76 bits per heavy atom. The minimum absolute atomic E-state index is 0.216. The highest BCUT2D eigenvalue weighted by molar-refractivity contribution is 5.90. The molecule has 0 aliphatic rings. The standard InChI is InChI=1S/C19H16N2O4/c1-12-3-7-15(8-4-12)18-21-20-17(25-18)13(2)24-19(23)16-9-5-14(11-22)6-10-16/h3-11,13H,1-2H3/t13-/m0/s1. The van der Waals surface area contributed by atoms with Crippen molar-refractivity contribution >= 4 is 12.3 Å². The third-order valence-electron chi connectivity index (χ3n) is 3.65. The van der Waals surface area contributed by atoms with Gasteiger partial charge in [0.25, 0.3) is 5.89 Å². The zero-order chi connectivity index (χ0) is 17.8. The van der Waals surface area contributed by atoms with Crippen LogP contribution in [-0.4, -0.2) is 22.5 Å². The molecule has 0 aliphatic carbocycles. The van der Waals surface area contributed by atoms with Gasteiger partial charge in [0.1, 0.15) is 6.29 Å². The van der Waals surface area contributed by atoms with Gasteiger partial charge in [-0.25, -0.2) is 4.79 Å². The average Bonchev–Trinajstić information content (AvgIpc) is 3.12. The number of carbonyl (C=O) groups excluding carboxylic acids is 2. The molecule has 3 aromatic rings. The van der Waals surface area contributed by atoms with Crippen LogP contribution < -0.4 is 0 Å². The summed E-state index contributed by atoms with van der Waals surface area (Å²) in [7, 11) is 0. The minimum atomic E-state index is -0.690. The molecule has 0 bridgehead atoms. The zero-order valence-electron chi connectivity index (χ0n) is 13.8. The average molecular weight is 336 g/mol. The SMILES string of the molecule is Cc1ccc(-c2nnc([C@H](C)OC(=O)c3ccc(C=O)cc3)o2)cc1. The quantitative estimate of drug-likeness (QED) is 0.521. The molecule has 126 valence electrons. The second-order valence-electron chi connectivity index (χ2n) is 5.60. The second-order valence-corrected chi connectivity index (χ2v) is 5.60. The lowest BCUT2D eigenvalue weighted by molar-refractivity contribution is 0.0279. The molecule has 0 aliphatic heterocycles. The molecule has 0 fully saturated rings. The van der Waals surface area contributed by atoms with Crippen LogP contribution in [0.5, 0.6) is 0 Å². The first kappa shape index (κ1) is 16.6. The molecule has 6 nitrogen and oxygen atoms in total. The van der Waals surface area contributed by atoms with Crippen molar-refractivity contribution in [3.8, 4) is 11.5 Å². The summed E-state index contributed by atoms with van der Waals surface area (Å²) in [6, 6.07) is 13.8. The minimum Gasteiger partial charge on any atom is -0.449 e. The van der Waals surface area contributed by atoms with Crippen molar-refractivity contribution in [3.05, 3.63) is 71.1 Å². The van der Waals surface area contributed by atoms with Crippen molar-refractivity contribution in [2.45, 2.75) is 20.0 Å². The molecule has 0 spiro atoms. The van der Waals surface area contributed by atoms with E-state index in [9.17, 15) is 9.59 Å². The van der Waals surface area contributed by atoms with Gasteiger partial charge in [0.15, 0.2) is 6.10 Å². The van der Waals surface area contributed by atoms with Crippen LogP contribution >= 0.6 is 0 Å². The highest BCUT2D eigenvalue weighted by atomic mass is 16.6.